The van der Waals surface area contributed by atoms with E-state index in [1.54, 1.807) is 7.11 Å². The molecule has 1 aliphatic heterocycles. The maximum atomic E-state index is 10.4. The van der Waals surface area contributed by atoms with E-state index >= 15 is 0 Å². The Bertz CT molecular complexity index is 400. The molecule has 2 rings (SSSR count). The van der Waals surface area contributed by atoms with Gasteiger partial charge in [-0.2, -0.15) is 0 Å². The van der Waals surface area contributed by atoms with Crippen LogP contribution in [0.2, 0.25) is 0 Å². The number of β-amino-alcohol motifs (C(OH)–C–C–N with tert-alkyl or cyclic N) is 1. The molecule has 0 amide bonds. The van der Waals surface area contributed by atoms with Gasteiger partial charge in [-0.3, -0.25) is 4.90 Å². The molecule has 1 aliphatic rings. The average molecular weight is 265 g/mol. The molecule has 1 fully saturated rings. The number of aliphatic hydroxyl groups is 1. The summed E-state index contributed by atoms with van der Waals surface area (Å²) in [6.45, 7) is 6.46. The highest BCUT2D eigenvalue weighted by molar-refractivity contribution is 5.35. The Labute approximate surface area is 114 Å². The Morgan fingerprint density at radius 3 is 2.58 bits per heavy atom. The molecule has 1 aromatic carbocycles. The van der Waals surface area contributed by atoms with Gasteiger partial charge in [-0.25, -0.2) is 0 Å². The van der Waals surface area contributed by atoms with Crippen molar-refractivity contribution in [3.8, 4) is 5.75 Å². The summed E-state index contributed by atoms with van der Waals surface area (Å²) < 4.78 is 11.0. The molecule has 1 N–H and O–H groups in total. The molecule has 4 nitrogen and oxygen atoms in total. The van der Waals surface area contributed by atoms with Crippen molar-refractivity contribution in [2.45, 2.75) is 32.2 Å². The lowest BCUT2D eigenvalue weighted by atomic mass is 10.1. The fourth-order valence-corrected chi connectivity index (χ4v) is 2.72. The van der Waals surface area contributed by atoms with Crippen LogP contribution < -0.4 is 4.74 Å². The number of aliphatic hydroxyl groups excluding tert-OH is 1. The average Bonchev–Trinajstić information content (AvgIpc) is 2.37. The fraction of sp³-hybridized carbons (Fsp3) is 0.600. The van der Waals surface area contributed by atoms with Gasteiger partial charge in [-0.15, -0.1) is 0 Å². The van der Waals surface area contributed by atoms with Crippen LogP contribution in [0.25, 0.3) is 0 Å². The van der Waals surface area contributed by atoms with E-state index < -0.39 is 6.10 Å². The van der Waals surface area contributed by atoms with E-state index in [4.69, 9.17) is 9.47 Å². The molecular weight excluding hydrogens is 242 g/mol. The molecule has 0 radical (unpaired) electrons. The van der Waals surface area contributed by atoms with Gasteiger partial charge in [-0.05, 0) is 19.9 Å². The van der Waals surface area contributed by atoms with Crippen LogP contribution in [-0.2, 0) is 4.74 Å². The number of nitrogens with zero attached hydrogens (tertiary/aromatic N) is 1. The normalized spacial score (nSPS) is 26.1. The molecule has 1 unspecified atom stereocenters. The zero-order chi connectivity index (χ0) is 13.8. The Kier molecular flexibility index (Phi) is 4.80. The first-order valence-electron chi connectivity index (χ1n) is 6.79. The molecule has 1 saturated heterocycles. The van der Waals surface area contributed by atoms with Crippen molar-refractivity contribution < 1.29 is 14.6 Å². The summed E-state index contributed by atoms with van der Waals surface area (Å²) in [7, 11) is 1.63. The fourth-order valence-electron chi connectivity index (χ4n) is 2.72. The van der Waals surface area contributed by atoms with Crippen LogP contribution >= 0.6 is 0 Å². The zero-order valence-electron chi connectivity index (χ0n) is 11.9. The highest BCUT2D eigenvalue weighted by atomic mass is 16.5. The number of hydrogen-bond donors (Lipinski definition) is 1. The molecule has 3 atom stereocenters. The van der Waals surface area contributed by atoms with Crippen molar-refractivity contribution in [1.29, 1.82) is 0 Å². The van der Waals surface area contributed by atoms with Gasteiger partial charge in [0.05, 0.1) is 25.4 Å². The SMILES string of the molecule is COc1ccccc1C(O)CN1C[C@@H](C)O[C@@H](C)C1. The van der Waals surface area contributed by atoms with Crippen molar-refractivity contribution in [2.75, 3.05) is 26.7 Å². The molecule has 106 valence electrons. The topological polar surface area (TPSA) is 41.9 Å². The minimum Gasteiger partial charge on any atom is -0.496 e. The number of methoxy groups -OCH3 is 1. The molecule has 0 aromatic heterocycles. The minimum absolute atomic E-state index is 0.216. The van der Waals surface area contributed by atoms with Crippen LogP contribution in [0.1, 0.15) is 25.5 Å². The second kappa shape index (κ2) is 6.37. The summed E-state index contributed by atoms with van der Waals surface area (Å²) in [5, 5.41) is 10.4. The van der Waals surface area contributed by atoms with Crippen LogP contribution in [0.15, 0.2) is 24.3 Å². The Morgan fingerprint density at radius 1 is 1.32 bits per heavy atom. The van der Waals surface area contributed by atoms with Gasteiger partial charge in [-0.1, -0.05) is 18.2 Å². The van der Waals surface area contributed by atoms with Gasteiger partial charge in [0.25, 0.3) is 0 Å². The second-order valence-corrected chi connectivity index (χ2v) is 5.23. The summed E-state index contributed by atoms with van der Waals surface area (Å²) in [5.41, 5.74) is 0.844. The zero-order valence-corrected chi connectivity index (χ0v) is 11.9. The molecular formula is C15H23NO3. The van der Waals surface area contributed by atoms with Gasteiger partial charge in [0.15, 0.2) is 0 Å². The number of morpholine rings is 1. The van der Waals surface area contributed by atoms with Crippen molar-refractivity contribution in [3.05, 3.63) is 29.8 Å². The van der Waals surface area contributed by atoms with Crippen LogP contribution in [0, 0.1) is 0 Å². The standard InChI is InChI=1S/C15H23NO3/c1-11-8-16(9-12(2)19-11)10-14(17)13-6-4-5-7-15(13)18-3/h4-7,11-12,14,17H,8-10H2,1-3H3/t11-,12+,14?. The van der Waals surface area contributed by atoms with E-state index in [2.05, 4.69) is 18.7 Å². The highest BCUT2D eigenvalue weighted by Crippen LogP contribution is 2.26. The molecule has 1 heterocycles. The van der Waals surface area contributed by atoms with Gasteiger partial charge >= 0.3 is 0 Å². The summed E-state index contributed by atoms with van der Waals surface area (Å²) in [4.78, 5) is 2.25. The number of rotatable bonds is 4. The van der Waals surface area contributed by atoms with Gasteiger partial charge in [0.1, 0.15) is 5.75 Å². The minimum atomic E-state index is -0.534. The molecule has 19 heavy (non-hydrogen) atoms. The monoisotopic (exact) mass is 265 g/mol. The van der Waals surface area contributed by atoms with Gasteiger partial charge in [0, 0.05) is 25.2 Å². The molecule has 0 spiro atoms. The number of benzene rings is 1. The van der Waals surface area contributed by atoms with Crippen molar-refractivity contribution in [3.63, 3.8) is 0 Å². The third-order valence-electron chi connectivity index (χ3n) is 3.42. The predicted molar refractivity (Wildman–Crippen MR) is 74.4 cm³/mol. The van der Waals surface area contributed by atoms with Crippen LogP contribution in [-0.4, -0.2) is 49.0 Å². The van der Waals surface area contributed by atoms with Gasteiger partial charge in [0.2, 0.25) is 0 Å². The lowest BCUT2D eigenvalue weighted by molar-refractivity contribution is -0.0768. The Hall–Kier alpha value is -1.10. The molecule has 0 bridgehead atoms. The van der Waals surface area contributed by atoms with Crippen molar-refractivity contribution in [1.82, 2.24) is 4.90 Å². The maximum absolute atomic E-state index is 10.4. The van der Waals surface area contributed by atoms with Crippen LogP contribution in [0.5, 0.6) is 5.75 Å². The van der Waals surface area contributed by atoms with Crippen molar-refractivity contribution in [2.24, 2.45) is 0 Å². The van der Waals surface area contributed by atoms with Crippen LogP contribution in [0.4, 0.5) is 0 Å². The molecule has 0 aliphatic carbocycles. The predicted octanol–water partition coefficient (Wildman–Crippen LogP) is 1.84. The maximum Gasteiger partial charge on any atom is 0.124 e. The second-order valence-electron chi connectivity index (χ2n) is 5.23. The summed E-state index contributed by atoms with van der Waals surface area (Å²) in [6.07, 6.45) is -0.101. The first-order valence-corrected chi connectivity index (χ1v) is 6.79. The smallest absolute Gasteiger partial charge is 0.124 e. The molecule has 4 heteroatoms. The third-order valence-corrected chi connectivity index (χ3v) is 3.42. The first kappa shape index (κ1) is 14.3. The van der Waals surface area contributed by atoms with E-state index in [0.717, 1.165) is 24.4 Å². The highest BCUT2D eigenvalue weighted by Gasteiger charge is 2.25. The van der Waals surface area contributed by atoms with E-state index in [-0.39, 0.29) is 12.2 Å². The summed E-state index contributed by atoms with van der Waals surface area (Å²) >= 11 is 0. The van der Waals surface area contributed by atoms with Gasteiger partial charge < -0.3 is 14.6 Å². The Balaban J connectivity index is 2.02. The van der Waals surface area contributed by atoms with E-state index in [1.807, 2.05) is 24.3 Å². The lowest BCUT2D eigenvalue weighted by Gasteiger charge is -2.36. The van der Waals surface area contributed by atoms with Crippen molar-refractivity contribution >= 4 is 0 Å². The number of ether oxygens (including phenoxy) is 2. The molecule has 0 saturated carbocycles. The largest absolute Gasteiger partial charge is 0.496 e. The van der Waals surface area contributed by atoms with E-state index in [0.29, 0.717) is 6.54 Å². The Morgan fingerprint density at radius 2 is 1.95 bits per heavy atom. The van der Waals surface area contributed by atoms with E-state index in [9.17, 15) is 5.11 Å². The lowest BCUT2D eigenvalue weighted by Crippen LogP contribution is -2.46. The quantitative estimate of drug-likeness (QED) is 0.902. The van der Waals surface area contributed by atoms with E-state index in [1.165, 1.54) is 0 Å². The van der Waals surface area contributed by atoms with Crippen LogP contribution in [0.3, 0.4) is 0 Å². The number of hydrogen-bond acceptors (Lipinski definition) is 4. The third kappa shape index (κ3) is 3.69. The summed E-state index contributed by atoms with van der Waals surface area (Å²) in [6, 6.07) is 7.62. The number of para-hydroxylation sites is 1. The summed E-state index contributed by atoms with van der Waals surface area (Å²) in [5.74, 6) is 0.740. The first-order chi connectivity index (χ1) is 9.10. The molecule has 1 aromatic rings.